The van der Waals surface area contributed by atoms with Gasteiger partial charge in [0.05, 0.1) is 18.1 Å². The van der Waals surface area contributed by atoms with E-state index in [9.17, 15) is 10.1 Å². The highest BCUT2D eigenvalue weighted by atomic mass is 35.5. The van der Waals surface area contributed by atoms with Gasteiger partial charge in [0, 0.05) is 16.7 Å². The maximum absolute atomic E-state index is 12.7. The molecule has 2 N–H and O–H groups in total. The Balaban J connectivity index is 1.76. The molecule has 168 valence electrons. The number of nitriles is 1. The number of nitrogens with two attached hydrogens (primary N) is 1. The van der Waals surface area contributed by atoms with Crippen LogP contribution in [0.4, 0.5) is 0 Å². The maximum atomic E-state index is 12.7. The molecule has 0 aliphatic carbocycles. The largest absolute Gasteiger partial charge is 0.490 e. The highest BCUT2D eigenvalue weighted by molar-refractivity contribution is 6.31. The van der Waals surface area contributed by atoms with Crippen LogP contribution in [0.2, 0.25) is 5.02 Å². The van der Waals surface area contributed by atoms with Gasteiger partial charge in [-0.1, -0.05) is 35.9 Å². The molecule has 3 aromatic rings. The summed E-state index contributed by atoms with van der Waals surface area (Å²) in [6.07, 6.45) is 0. The molecule has 0 saturated carbocycles. The van der Waals surface area contributed by atoms with E-state index in [0.717, 1.165) is 5.56 Å². The summed E-state index contributed by atoms with van der Waals surface area (Å²) < 4.78 is 22.6. The predicted octanol–water partition coefficient (Wildman–Crippen LogP) is 4.80. The van der Waals surface area contributed by atoms with Gasteiger partial charge >= 0.3 is 5.63 Å². The van der Waals surface area contributed by atoms with Gasteiger partial charge < -0.3 is 24.4 Å². The number of hydrogen-bond acceptors (Lipinski definition) is 7. The van der Waals surface area contributed by atoms with E-state index in [1.54, 1.807) is 37.3 Å². The summed E-state index contributed by atoms with van der Waals surface area (Å²) in [6.45, 7) is 4.13. The fraction of sp³-hybridized carbons (Fsp3) is 0.200. The van der Waals surface area contributed by atoms with Crippen molar-refractivity contribution in [2.75, 3.05) is 6.61 Å². The number of benzene rings is 2. The van der Waals surface area contributed by atoms with Crippen LogP contribution in [0, 0.1) is 18.3 Å². The number of rotatable bonds is 6. The lowest BCUT2D eigenvalue weighted by Gasteiger charge is -2.25. The van der Waals surface area contributed by atoms with E-state index >= 15 is 0 Å². The molecule has 2 aromatic carbocycles. The standard InChI is InChI=1S/C25H21ClN2O5/c1-3-30-20-11-15(8-9-19(20)31-13-16-6-4-5-7-18(16)26)22-17(12-27)24(28)33-21-10-14(2)32-25(29)23(21)22/h4-11,22H,3,13,28H2,1-2H3/t22-/m1/s1. The first-order chi connectivity index (χ1) is 15.9. The quantitative estimate of drug-likeness (QED) is 0.558. The molecule has 1 aliphatic heterocycles. The van der Waals surface area contributed by atoms with Crippen molar-refractivity contribution >= 4 is 11.6 Å². The second kappa shape index (κ2) is 9.31. The minimum Gasteiger partial charge on any atom is -0.490 e. The van der Waals surface area contributed by atoms with E-state index in [2.05, 4.69) is 6.07 Å². The third-order valence-electron chi connectivity index (χ3n) is 5.20. The predicted molar refractivity (Wildman–Crippen MR) is 122 cm³/mol. The first kappa shape index (κ1) is 22.3. The van der Waals surface area contributed by atoms with Crippen LogP contribution in [0.3, 0.4) is 0 Å². The molecule has 0 bridgehead atoms. The Kier molecular flexibility index (Phi) is 6.29. The van der Waals surface area contributed by atoms with Crippen LogP contribution < -0.4 is 25.6 Å². The summed E-state index contributed by atoms with van der Waals surface area (Å²) in [6, 6.07) is 16.3. The molecule has 1 aromatic heterocycles. The van der Waals surface area contributed by atoms with Crippen LogP contribution in [-0.4, -0.2) is 6.61 Å². The van der Waals surface area contributed by atoms with E-state index in [0.29, 0.717) is 34.5 Å². The zero-order valence-corrected chi connectivity index (χ0v) is 18.8. The van der Waals surface area contributed by atoms with Crippen LogP contribution in [0.15, 0.2) is 69.2 Å². The lowest BCUT2D eigenvalue weighted by atomic mass is 9.84. The summed E-state index contributed by atoms with van der Waals surface area (Å²) in [4.78, 5) is 12.7. The summed E-state index contributed by atoms with van der Waals surface area (Å²) in [7, 11) is 0. The Hall–Kier alpha value is -3.89. The molecule has 4 rings (SSSR count). The first-order valence-electron chi connectivity index (χ1n) is 10.3. The Morgan fingerprint density at radius 1 is 1.15 bits per heavy atom. The van der Waals surface area contributed by atoms with Gasteiger partial charge in [0.15, 0.2) is 11.5 Å². The van der Waals surface area contributed by atoms with Crippen molar-refractivity contribution in [2.24, 2.45) is 5.73 Å². The average Bonchev–Trinajstić information content (AvgIpc) is 2.78. The van der Waals surface area contributed by atoms with E-state index in [1.807, 2.05) is 25.1 Å². The second-order valence-electron chi connectivity index (χ2n) is 7.37. The smallest absolute Gasteiger partial charge is 0.343 e. The molecular weight excluding hydrogens is 444 g/mol. The van der Waals surface area contributed by atoms with Crippen LogP contribution in [0.25, 0.3) is 0 Å². The third kappa shape index (κ3) is 4.38. The average molecular weight is 465 g/mol. The van der Waals surface area contributed by atoms with Gasteiger partial charge in [0.25, 0.3) is 0 Å². The maximum Gasteiger partial charge on any atom is 0.343 e. The molecule has 0 radical (unpaired) electrons. The van der Waals surface area contributed by atoms with E-state index in [4.69, 9.17) is 36.0 Å². The van der Waals surface area contributed by atoms with Crippen molar-refractivity contribution in [3.63, 3.8) is 0 Å². The van der Waals surface area contributed by atoms with Gasteiger partial charge in [-0.2, -0.15) is 5.26 Å². The Morgan fingerprint density at radius 2 is 1.94 bits per heavy atom. The molecular formula is C25H21ClN2O5. The van der Waals surface area contributed by atoms with Gasteiger partial charge in [0.2, 0.25) is 5.88 Å². The Morgan fingerprint density at radius 3 is 2.67 bits per heavy atom. The van der Waals surface area contributed by atoms with Crippen LogP contribution >= 0.6 is 11.6 Å². The molecule has 1 aliphatic rings. The van der Waals surface area contributed by atoms with Crippen molar-refractivity contribution in [3.8, 4) is 23.3 Å². The molecule has 0 spiro atoms. The zero-order chi connectivity index (χ0) is 23.5. The molecule has 33 heavy (non-hydrogen) atoms. The first-order valence-corrected chi connectivity index (χ1v) is 10.7. The molecule has 7 nitrogen and oxygen atoms in total. The summed E-state index contributed by atoms with van der Waals surface area (Å²) >= 11 is 6.23. The number of fused-ring (bicyclic) bond motifs is 1. The fourth-order valence-electron chi connectivity index (χ4n) is 3.71. The van der Waals surface area contributed by atoms with Crippen LogP contribution in [0.1, 0.15) is 35.3 Å². The van der Waals surface area contributed by atoms with Crippen molar-refractivity contribution < 1.29 is 18.6 Å². The molecule has 8 heteroatoms. The molecule has 0 saturated heterocycles. The molecule has 1 atom stereocenters. The topological polar surface area (TPSA) is 108 Å². The SMILES string of the molecule is CCOc1cc([C@@H]2C(C#N)=C(N)Oc3cc(C)oc(=O)c32)ccc1OCc1ccccc1Cl. The van der Waals surface area contributed by atoms with E-state index in [-0.39, 0.29) is 29.4 Å². The Bertz CT molecular complexity index is 1340. The lowest BCUT2D eigenvalue weighted by Crippen LogP contribution is -2.26. The Labute approximate surface area is 195 Å². The highest BCUT2D eigenvalue weighted by Crippen LogP contribution is 2.43. The number of ether oxygens (including phenoxy) is 3. The lowest BCUT2D eigenvalue weighted by molar-refractivity contribution is 0.269. The fourth-order valence-corrected chi connectivity index (χ4v) is 3.90. The molecule has 0 amide bonds. The highest BCUT2D eigenvalue weighted by Gasteiger charge is 2.34. The zero-order valence-electron chi connectivity index (χ0n) is 18.1. The summed E-state index contributed by atoms with van der Waals surface area (Å²) in [5.74, 6) is 0.775. The number of halogens is 1. The van der Waals surface area contributed by atoms with Crippen LogP contribution in [-0.2, 0) is 6.61 Å². The number of nitrogens with zero attached hydrogens (tertiary/aromatic N) is 1. The molecule has 0 fully saturated rings. The number of aryl methyl sites for hydroxylation is 1. The third-order valence-corrected chi connectivity index (χ3v) is 5.57. The molecule has 2 heterocycles. The minimum absolute atomic E-state index is 0.0583. The van der Waals surface area contributed by atoms with Gasteiger partial charge in [-0.05, 0) is 37.6 Å². The monoisotopic (exact) mass is 464 g/mol. The van der Waals surface area contributed by atoms with Gasteiger partial charge in [0.1, 0.15) is 29.8 Å². The van der Waals surface area contributed by atoms with E-state index < -0.39 is 11.5 Å². The van der Waals surface area contributed by atoms with Crippen molar-refractivity contribution in [2.45, 2.75) is 26.4 Å². The number of allylic oxidation sites excluding steroid dienone is 1. The second-order valence-corrected chi connectivity index (χ2v) is 7.77. The van der Waals surface area contributed by atoms with Crippen LogP contribution in [0.5, 0.6) is 17.2 Å². The van der Waals surface area contributed by atoms with Crippen molar-refractivity contribution in [1.82, 2.24) is 0 Å². The van der Waals surface area contributed by atoms with Gasteiger partial charge in [-0.15, -0.1) is 0 Å². The van der Waals surface area contributed by atoms with Gasteiger partial charge in [-0.25, -0.2) is 4.79 Å². The van der Waals surface area contributed by atoms with E-state index in [1.165, 1.54) is 0 Å². The van der Waals surface area contributed by atoms with Crippen molar-refractivity contribution in [1.29, 1.82) is 5.26 Å². The van der Waals surface area contributed by atoms with Crippen molar-refractivity contribution in [3.05, 3.63) is 97.9 Å². The number of hydrogen-bond donors (Lipinski definition) is 1. The molecule has 0 unspecified atom stereocenters. The normalized spacial score (nSPS) is 14.8. The van der Waals surface area contributed by atoms with Gasteiger partial charge in [-0.3, -0.25) is 0 Å². The minimum atomic E-state index is -0.771. The summed E-state index contributed by atoms with van der Waals surface area (Å²) in [5, 5.41) is 10.4. The summed E-state index contributed by atoms with van der Waals surface area (Å²) in [5.41, 5.74) is 7.20.